The summed E-state index contributed by atoms with van der Waals surface area (Å²) in [5.41, 5.74) is 3.22. The molecule has 1 aromatic carbocycles. The quantitative estimate of drug-likeness (QED) is 0.147. The van der Waals surface area contributed by atoms with Crippen LogP contribution in [0.15, 0.2) is 67.1 Å². The number of nitrogens with zero attached hydrogens (tertiary/aromatic N) is 4. The van der Waals surface area contributed by atoms with Crippen LogP contribution in [0.4, 0.5) is 10.1 Å². The fourth-order valence-electron chi connectivity index (χ4n) is 4.27. The first-order chi connectivity index (χ1) is 19.8. The highest BCUT2D eigenvalue weighted by atomic mass is 19.1. The summed E-state index contributed by atoms with van der Waals surface area (Å²) >= 11 is 0. The lowest BCUT2D eigenvalue weighted by Crippen LogP contribution is -2.26. The molecule has 1 amide bonds. The molecule has 3 aromatic heterocycles. The van der Waals surface area contributed by atoms with Gasteiger partial charge in [-0.3, -0.25) is 14.2 Å². The third-order valence-electron chi connectivity index (χ3n) is 6.47. The van der Waals surface area contributed by atoms with E-state index < -0.39 is 17.6 Å². The standard InChI is InChI=1S/C32H36FN5O4/c1-20(42-31(40)32(2,3)4)38-19-27(21-10-11-34-28(33)16-21)26-15-23(18-35-30(26)38)22-13-24(17-25(14-22)41-7)36-29(39)9-8-12-37(5)6/h8-11,13-20H,12H2,1-7H3,(H,36,39)/b9-8+. The van der Waals surface area contributed by atoms with E-state index in [9.17, 15) is 14.0 Å². The highest BCUT2D eigenvalue weighted by Crippen LogP contribution is 2.36. The molecule has 220 valence electrons. The molecular formula is C32H36FN5O4. The third kappa shape index (κ3) is 7.19. The van der Waals surface area contributed by atoms with Crippen LogP contribution in [0.25, 0.3) is 33.3 Å². The first kappa shape index (κ1) is 30.4. The van der Waals surface area contributed by atoms with Crippen LogP contribution >= 0.6 is 0 Å². The number of carbonyl (C=O) groups is 2. The van der Waals surface area contributed by atoms with Gasteiger partial charge in [-0.25, -0.2) is 9.97 Å². The molecule has 0 saturated carbocycles. The maximum atomic E-state index is 14.2. The number of methoxy groups -OCH3 is 1. The molecule has 0 aliphatic carbocycles. The van der Waals surface area contributed by atoms with E-state index in [-0.39, 0.29) is 11.9 Å². The summed E-state index contributed by atoms with van der Waals surface area (Å²) in [7, 11) is 5.40. The van der Waals surface area contributed by atoms with Crippen molar-refractivity contribution in [1.82, 2.24) is 19.4 Å². The van der Waals surface area contributed by atoms with Gasteiger partial charge in [0.1, 0.15) is 11.4 Å². The van der Waals surface area contributed by atoms with E-state index >= 15 is 0 Å². The second-order valence-electron chi connectivity index (χ2n) is 11.3. The Hall–Kier alpha value is -4.57. The number of pyridine rings is 2. The minimum Gasteiger partial charge on any atom is -0.497 e. The number of amides is 1. The Morgan fingerprint density at radius 3 is 2.52 bits per heavy atom. The van der Waals surface area contributed by atoms with Crippen molar-refractivity contribution in [2.45, 2.75) is 33.9 Å². The smallest absolute Gasteiger partial charge is 0.313 e. The molecule has 4 aromatic rings. The van der Waals surface area contributed by atoms with E-state index in [2.05, 4.69) is 10.3 Å². The molecule has 9 nitrogen and oxygen atoms in total. The highest BCUT2D eigenvalue weighted by molar-refractivity contribution is 6.00. The molecule has 0 radical (unpaired) electrons. The van der Waals surface area contributed by atoms with Crippen molar-refractivity contribution in [3.8, 4) is 28.0 Å². The number of benzene rings is 1. The van der Waals surface area contributed by atoms with Crippen LogP contribution in [-0.2, 0) is 14.3 Å². The predicted octanol–water partition coefficient (Wildman–Crippen LogP) is 6.08. The number of carbonyl (C=O) groups excluding carboxylic acids is 2. The molecule has 0 saturated heterocycles. The molecule has 0 aliphatic heterocycles. The first-order valence-corrected chi connectivity index (χ1v) is 13.5. The Kier molecular flexibility index (Phi) is 9.06. The van der Waals surface area contributed by atoms with Gasteiger partial charge >= 0.3 is 5.97 Å². The van der Waals surface area contributed by atoms with Crippen molar-refractivity contribution in [2.75, 3.05) is 33.1 Å². The van der Waals surface area contributed by atoms with Gasteiger partial charge in [-0.05, 0) is 77.2 Å². The Balaban J connectivity index is 1.78. The molecule has 0 spiro atoms. The summed E-state index contributed by atoms with van der Waals surface area (Å²) in [6, 6.07) is 10.4. The van der Waals surface area contributed by atoms with Crippen LogP contribution in [0.5, 0.6) is 5.75 Å². The van der Waals surface area contributed by atoms with Crippen LogP contribution in [0.3, 0.4) is 0 Å². The Labute approximate surface area is 245 Å². The van der Waals surface area contributed by atoms with Gasteiger partial charge in [0.25, 0.3) is 0 Å². The zero-order valence-electron chi connectivity index (χ0n) is 24.9. The summed E-state index contributed by atoms with van der Waals surface area (Å²) in [6.07, 6.45) is 7.50. The van der Waals surface area contributed by atoms with Crippen LogP contribution in [0.2, 0.25) is 0 Å². The van der Waals surface area contributed by atoms with Crippen molar-refractivity contribution in [3.63, 3.8) is 0 Å². The molecule has 4 rings (SSSR count). The van der Waals surface area contributed by atoms with Gasteiger partial charge in [0.05, 0.1) is 12.5 Å². The van der Waals surface area contributed by atoms with Crippen molar-refractivity contribution in [1.29, 1.82) is 0 Å². The molecular weight excluding hydrogens is 537 g/mol. The van der Waals surface area contributed by atoms with Crippen LogP contribution in [0.1, 0.15) is 33.9 Å². The molecule has 42 heavy (non-hydrogen) atoms. The van der Waals surface area contributed by atoms with Crippen molar-refractivity contribution in [2.24, 2.45) is 5.41 Å². The maximum absolute atomic E-state index is 14.2. The molecule has 10 heteroatoms. The third-order valence-corrected chi connectivity index (χ3v) is 6.47. The average molecular weight is 574 g/mol. The number of fused-ring (bicyclic) bond motifs is 1. The van der Waals surface area contributed by atoms with Crippen LogP contribution in [0, 0.1) is 11.4 Å². The molecule has 1 unspecified atom stereocenters. The average Bonchev–Trinajstić information content (AvgIpc) is 3.31. The number of anilines is 1. The lowest BCUT2D eigenvalue weighted by molar-refractivity contribution is -0.162. The van der Waals surface area contributed by atoms with Gasteiger partial charge in [0.2, 0.25) is 11.9 Å². The summed E-state index contributed by atoms with van der Waals surface area (Å²) < 4.78 is 27.2. The fraction of sp³-hybridized carbons (Fsp3) is 0.312. The fourth-order valence-corrected chi connectivity index (χ4v) is 4.27. The second-order valence-corrected chi connectivity index (χ2v) is 11.3. The van der Waals surface area contributed by atoms with Crippen LogP contribution < -0.4 is 10.1 Å². The number of hydrogen-bond donors (Lipinski definition) is 1. The van der Waals surface area contributed by atoms with Crippen LogP contribution in [-0.4, -0.2) is 59.1 Å². The molecule has 3 heterocycles. The number of likely N-dealkylation sites (N-methyl/N-ethyl adjacent to an activating group) is 1. The van der Waals surface area contributed by atoms with Gasteiger partial charge in [-0.1, -0.05) is 6.08 Å². The number of esters is 1. The zero-order valence-corrected chi connectivity index (χ0v) is 24.9. The normalized spacial score (nSPS) is 12.6. The summed E-state index contributed by atoms with van der Waals surface area (Å²) in [4.78, 5) is 35.5. The number of halogens is 1. The topological polar surface area (TPSA) is 98.6 Å². The van der Waals surface area contributed by atoms with Crippen molar-refractivity contribution >= 4 is 28.6 Å². The second kappa shape index (κ2) is 12.5. The first-order valence-electron chi connectivity index (χ1n) is 13.5. The molecule has 0 fully saturated rings. The Morgan fingerprint density at radius 1 is 1.10 bits per heavy atom. The number of aromatic nitrogens is 3. The minimum absolute atomic E-state index is 0.262. The van der Waals surface area contributed by atoms with E-state index in [0.717, 1.165) is 16.5 Å². The zero-order chi connectivity index (χ0) is 30.6. The number of rotatable bonds is 9. The van der Waals surface area contributed by atoms with Crippen molar-refractivity contribution in [3.05, 3.63) is 73.1 Å². The van der Waals surface area contributed by atoms with E-state index in [1.807, 2.05) is 37.2 Å². The van der Waals surface area contributed by atoms with Gasteiger partial charge < -0.3 is 19.7 Å². The molecule has 0 bridgehead atoms. The molecule has 1 atom stereocenters. The maximum Gasteiger partial charge on any atom is 0.313 e. The number of ether oxygens (including phenoxy) is 2. The van der Waals surface area contributed by atoms with E-state index in [1.54, 1.807) is 70.0 Å². The van der Waals surface area contributed by atoms with E-state index in [0.29, 0.717) is 34.8 Å². The Bertz CT molecular complexity index is 1640. The SMILES string of the molecule is COc1cc(NC(=O)/C=C/CN(C)C)cc(-c2cnc3c(c2)c(-c2ccnc(F)c2)cn3C(C)OC(=O)C(C)(C)C)c1. The largest absolute Gasteiger partial charge is 0.497 e. The van der Waals surface area contributed by atoms with Gasteiger partial charge in [0.15, 0.2) is 6.23 Å². The van der Waals surface area contributed by atoms with Crippen molar-refractivity contribution < 1.29 is 23.5 Å². The molecule has 1 N–H and O–H groups in total. The highest BCUT2D eigenvalue weighted by Gasteiger charge is 2.27. The number of nitrogens with one attached hydrogen (secondary N) is 1. The molecule has 0 aliphatic rings. The van der Waals surface area contributed by atoms with E-state index in [4.69, 9.17) is 14.5 Å². The summed E-state index contributed by atoms with van der Waals surface area (Å²) in [5, 5.41) is 3.60. The van der Waals surface area contributed by atoms with E-state index in [1.165, 1.54) is 18.3 Å². The van der Waals surface area contributed by atoms with Gasteiger partial charge in [0, 0.05) is 65.5 Å². The predicted molar refractivity (Wildman–Crippen MR) is 161 cm³/mol. The van der Waals surface area contributed by atoms with Gasteiger partial charge in [-0.15, -0.1) is 0 Å². The van der Waals surface area contributed by atoms with Gasteiger partial charge in [-0.2, -0.15) is 4.39 Å². The summed E-state index contributed by atoms with van der Waals surface area (Å²) in [6.45, 7) is 7.77. The Morgan fingerprint density at radius 2 is 1.86 bits per heavy atom. The minimum atomic E-state index is -0.684. The monoisotopic (exact) mass is 573 g/mol. The summed E-state index contributed by atoms with van der Waals surface area (Å²) in [5.74, 6) is -0.676. The number of hydrogen-bond acceptors (Lipinski definition) is 7. The lowest BCUT2D eigenvalue weighted by atomic mass is 9.97. The lowest BCUT2D eigenvalue weighted by Gasteiger charge is -2.22.